The quantitative estimate of drug-likeness (QED) is 0.167. The van der Waals surface area contributed by atoms with Gasteiger partial charge in [-0.15, -0.1) is 0 Å². The normalized spacial score (nSPS) is 20.9. The molecule has 3 heterocycles. The van der Waals surface area contributed by atoms with Crippen molar-refractivity contribution in [3.8, 4) is 51.0 Å². The monoisotopic (exact) mass is 899 g/mol. The van der Waals surface area contributed by atoms with Crippen molar-refractivity contribution in [2.75, 3.05) is 4.90 Å². The van der Waals surface area contributed by atoms with E-state index in [0.29, 0.717) is 29.3 Å². The first-order valence-electron chi connectivity index (χ1n) is 25.2. The third-order valence-corrected chi connectivity index (χ3v) is 16.8. The lowest BCUT2D eigenvalue weighted by atomic mass is 9.41. The van der Waals surface area contributed by atoms with Gasteiger partial charge >= 0.3 is 0 Å². The summed E-state index contributed by atoms with van der Waals surface area (Å²) in [6.45, 7) is 0. The van der Waals surface area contributed by atoms with E-state index in [4.69, 9.17) is 15.0 Å². The SMILES string of the molecule is c1ccc(-c2nc(-c3cccc(-c4ccc(-n5c6ccccc6c6c7ccccc7ccc65)cc4)c3)nc(-c3ccc4c(c3)C3(c5ccccc5N4c4ccccc4)C4CC5CC(C4)CC3C5)n2)cc1. The molecule has 4 fully saturated rings. The van der Waals surface area contributed by atoms with Crippen molar-refractivity contribution in [3.63, 3.8) is 0 Å². The van der Waals surface area contributed by atoms with Gasteiger partial charge in [-0.25, -0.2) is 15.0 Å². The first-order chi connectivity index (χ1) is 34.7. The summed E-state index contributed by atoms with van der Waals surface area (Å²) >= 11 is 0. The van der Waals surface area contributed by atoms with Crippen molar-refractivity contribution >= 4 is 49.6 Å². The summed E-state index contributed by atoms with van der Waals surface area (Å²) in [5.74, 6) is 4.92. The number of hydrogen-bond donors (Lipinski definition) is 0. The number of hydrogen-bond acceptors (Lipinski definition) is 4. The van der Waals surface area contributed by atoms with Crippen molar-refractivity contribution in [2.45, 2.75) is 37.5 Å². The summed E-state index contributed by atoms with van der Waals surface area (Å²) in [4.78, 5) is 18.5. The number of fused-ring (bicyclic) bond motifs is 7. The molecule has 0 amide bonds. The van der Waals surface area contributed by atoms with E-state index >= 15 is 0 Å². The highest BCUT2D eigenvalue weighted by molar-refractivity contribution is 6.21. The molecule has 0 saturated heterocycles. The Labute approximate surface area is 407 Å². The van der Waals surface area contributed by atoms with Gasteiger partial charge in [0.05, 0.1) is 22.4 Å². The second kappa shape index (κ2) is 15.4. The first kappa shape index (κ1) is 39.8. The largest absolute Gasteiger partial charge is 0.310 e. The number of nitrogens with zero attached hydrogens (tertiary/aromatic N) is 5. The van der Waals surface area contributed by atoms with Crippen molar-refractivity contribution < 1.29 is 0 Å². The van der Waals surface area contributed by atoms with Crippen LogP contribution in [0.25, 0.3) is 83.6 Å². The van der Waals surface area contributed by atoms with E-state index in [1.54, 1.807) is 0 Å². The highest BCUT2D eigenvalue weighted by Crippen LogP contribution is 2.69. The molecule has 11 aromatic rings. The maximum Gasteiger partial charge on any atom is 0.164 e. The topological polar surface area (TPSA) is 46.8 Å². The highest BCUT2D eigenvalue weighted by Gasteiger charge is 2.61. The second-order valence-corrected chi connectivity index (χ2v) is 20.4. The van der Waals surface area contributed by atoms with Crippen LogP contribution in [0.3, 0.4) is 0 Å². The Morgan fingerprint density at radius 1 is 0.371 bits per heavy atom. The van der Waals surface area contributed by atoms with E-state index in [-0.39, 0.29) is 5.41 Å². The predicted octanol–water partition coefficient (Wildman–Crippen LogP) is 16.3. The molecule has 16 rings (SSSR count). The van der Waals surface area contributed by atoms with Crippen LogP contribution in [0, 0.1) is 23.7 Å². The molecule has 0 N–H and O–H groups in total. The molecule has 4 bridgehead atoms. The Balaban J connectivity index is 0.856. The second-order valence-electron chi connectivity index (χ2n) is 20.4. The van der Waals surface area contributed by atoms with Gasteiger partial charge in [-0.2, -0.15) is 0 Å². The van der Waals surface area contributed by atoms with Gasteiger partial charge in [0, 0.05) is 44.3 Å². The Bertz CT molecular complexity index is 3830. The molecule has 4 aliphatic carbocycles. The molecule has 2 aromatic heterocycles. The third kappa shape index (κ3) is 5.94. The molecule has 4 saturated carbocycles. The van der Waals surface area contributed by atoms with Gasteiger partial charge in [0.1, 0.15) is 0 Å². The van der Waals surface area contributed by atoms with Gasteiger partial charge in [0.2, 0.25) is 0 Å². The lowest BCUT2D eigenvalue weighted by molar-refractivity contribution is -0.0419. The van der Waals surface area contributed by atoms with E-state index in [9.17, 15) is 0 Å². The standard InChI is InChI=1S/C65H49N5/c1-3-15-45(16-4-1)62-66-63(47-18-13-17-46(39-47)43-26-30-52(31-27-43)69-57-24-11-9-22-54(57)61-53-21-8-7-14-44(53)28-33-60(61)69)68-64(67-62)48-29-32-59-56(40-48)65(49-35-41-34-42(37-49)38-50(65)36-41)55-23-10-12-25-58(55)70(59)51-19-5-2-6-20-51/h1-33,39-42,49-50H,34-38H2. The molecule has 5 heteroatoms. The van der Waals surface area contributed by atoms with Crippen LogP contribution >= 0.6 is 0 Å². The van der Waals surface area contributed by atoms with Crippen molar-refractivity contribution in [1.29, 1.82) is 0 Å². The molecule has 9 aromatic carbocycles. The molecule has 1 aliphatic heterocycles. The maximum absolute atomic E-state index is 5.42. The Morgan fingerprint density at radius 2 is 0.957 bits per heavy atom. The molecule has 0 unspecified atom stereocenters. The van der Waals surface area contributed by atoms with Crippen molar-refractivity contribution in [1.82, 2.24) is 19.5 Å². The smallest absolute Gasteiger partial charge is 0.164 e. The van der Waals surface area contributed by atoms with Gasteiger partial charge in [-0.05, 0) is 156 Å². The fraction of sp³-hybridized carbons (Fsp3) is 0.154. The summed E-state index contributed by atoms with van der Waals surface area (Å²) in [7, 11) is 0. The minimum absolute atomic E-state index is 0.0709. The highest BCUT2D eigenvalue weighted by atomic mass is 15.2. The van der Waals surface area contributed by atoms with E-state index in [1.165, 1.54) is 92.9 Å². The molecular formula is C65H49N5. The molecule has 0 radical (unpaired) electrons. The molecule has 5 nitrogen and oxygen atoms in total. The van der Waals surface area contributed by atoms with Crippen LogP contribution in [0.5, 0.6) is 0 Å². The predicted molar refractivity (Wildman–Crippen MR) is 286 cm³/mol. The van der Waals surface area contributed by atoms with Gasteiger partial charge in [0.25, 0.3) is 0 Å². The average Bonchev–Trinajstić information content (AvgIpc) is 3.77. The Hall–Kier alpha value is -8.15. The van der Waals surface area contributed by atoms with Crippen molar-refractivity contribution in [3.05, 3.63) is 223 Å². The molecule has 5 aliphatic rings. The van der Waals surface area contributed by atoms with Gasteiger partial charge in [-0.3, -0.25) is 0 Å². The molecule has 70 heavy (non-hydrogen) atoms. The van der Waals surface area contributed by atoms with E-state index in [0.717, 1.165) is 45.3 Å². The lowest BCUT2D eigenvalue weighted by Crippen LogP contribution is -2.57. The maximum atomic E-state index is 5.42. The summed E-state index contributed by atoms with van der Waals surface area (Å²) in [5, 5.41) is 5.09. The van der Waals surface area contributed by atoms with Crippen LogP contribution in [0.15, 0.2) is 212 Å². The Morgan fingerprint density at radius 3 is 1.73 bits per heavy atom. The summed E-state index contributed by atoms with van der Waals surface area (Å²) in [6.07, 6.45) is 6.64. The van der Waals surface area contributed by atoms with Crippen LogP contribution in [0.2, 0.25) is 0 Å². The zero-order chi connectivity index (χ0) is 45.9. The summed E-state index contributed by atoms with van der Waals surface area (Å²) < 4.78 is 2.40. The zero-order valence-electron chi connectivity index (χ0n) is 38.8. The van der Waals surface area contributed by atoms with Crippen molar-refractivity contribution in [2.24, 2.45) is 23.7 Å². The first-order valence-corrected chi connectivity index (χ1v) is 25.2. The zero-order valence-corrected chi connectivity index (χ0v) is 38.8. The molecule has 0 atom stereocenters. The van der Waals surface area contributed by atoms with Crippen LogP contribution in [-0.2, 0) is 5.41 Å². The molecule has 334 valence electrons. The van der Waals surface area contributed by atoms with Gasteiger partial charge in [-0.1, -0.05) is 146 Å². The minimum Gasteiger partial charge on any atom is -0.310 e. The number of anilines is 3. The fourth-order valence-corrected chi connectivity index (χ4v) is 14.2. The summed E-state index contributed by atoms with van der Waals surface area (Å²) in [6, 6.07) is 77.5. The van der Waals surface area contributed by atoms with Crippen LogP contribution < -0.4 is 4.90 Å². The minimum atomic E-state index is -0.0709. The van der Waals surface area contributed by atoms with Crippen LogP contribution in [-0.4, -0.2) is 19.5 Å². The van der Waals surface area contributed by atoms with Crippen LogP contribution in [0.4, 0.5) is 17.1 Å². The number of aromatic nitrogens is 4. The number of rotatable bonds is 6. The molecule has 1 spiro atoms. The van der Waals surface area contributed by atoms with E-state index in [2.05, 4.69) is 222 Å². The molecular weight excluding hydrogens is 851 g/mol. The van der Waals surface area contributed by atoms with E-state index in [1.807, 2.05) is 0 Å². The van der Waals surface area contributed by atoms with Gasteiger partial charge in [0.15, 0.2) is 17.5 Å². The van der Waals surface area contributed by atoms with E-state index < -0.39 is 0 Å². The fourth-order valence-electron chi connectivity index (χ4n) is 14.2. The number of benzene rings is 9. The third-order valence-electron chi connectivity index (χ3n) is 16.8. The average molecular weight is 900 g/mol. The lowest BCUT2D eigenvalue weighted by Gasteiger charge is -2.64. The Kier molecular flexibility index (Phi) is 8.77. The summed E-state index contributed by atoms with van der Waals surface area (Å²) in [5.41, 5.74) is 15.4. The van der Waals surface area contributed by atoms with Gasteiger partial charge < -0.3 is 9.47 Å². The number of para-hydroxylation sites is 3. The van der Waals surface area contributed by atoms with Crippen LogP contribution in [0.1, 0.15) is 43.2 Å².